The number of piperidine rings is 1. The Labute approximate surface area is 113 Å². The molecule has 1 unspecified atom stereocenters. The van der Waals surface area contributed by atoms with Gasteiger partial charge in [0, 0.05) is 6.04 Å². The van der Waals surface area contributed by atoms with E-state index in [1.165, 1.54) is 19.3 Å². The Kier molecular flexibility index (Phi) is 3.89. The molecule has 1 aliphatic heterocycles. The fourth-order valence-electron chi connectivity index (χ4n) is 2.49. The Balaban J connectivity index is 1.56. The number of benzene rings is 1. The summed E-state index contributed by atoms with van der Waals surface area (Å²) in [5, 5.41) is 3.52. The lowest BCUT2D eigenvalue weighted by atomic mass is 10.0. The fraction of sp³-hybridized carbons (Fsp3) is 0.467. The number of rotatable bonds is 4. The molecule has 3 rings (SSSR count). The number of hydrogen-bond donors (Lipinski definition) is 1. The molecule has 0 amide bonds. The number of nitrogens with zero attached hydrogens (tertiary/aromatic N) is 2. The molecule has 1 saturated heterocycles. The largest absolute Gasteiger partial charge is 0.476 e. The zero-order valence-electron chi connectivity index (χ0n) is 11.0. The molecule has 1 aromatic heterocycles. The van der Waals surface area contributed by atoms with Crippen LogP contribution in [0.5, 0.6) is 5.88 Å². The van der Waals surface area contributed by atoms with Gasteiger partial charge in [0.2, 0.25) is 5.88 Å². The average Bonchev–Trinajstić information content (AvgIpc) is 2.48. The Morgan fingerprint density at radius 2 is 2.11 bits per heavy atom. The first-order valence-corrected chi connectivity index (χ1v) is 7.00. The number of nitrogens with one attached hydrogen (secondary N) is 1. The smallest absolute Gasteiger partial charge is 0.232 e. The van der Waals surface area contributed by atoms with Gasteiger partial charge in [0.15, 0.2) is 0 Å². The minimum Gasteiger partial charge on any atom is -0.476 e. The Morgan fingerprint density at radius 1 is 1.21 bits per heavy atom. The van der Waals surface area contributed by atoms with Crippen molar-refractivity contribution in [1.29, 1.82) is 0 Å². The molecule has 1 aromatic carbocycles. The molecule has 2 aromatic rings. The summed E-state index contributed by atoms with van der Waals surface area (Å²) < 4.78 is 5.70. The van der Waals surface area contributed by atoms with Crippen LogP contribution in [0.15, 0.2) is 30.5 Å². The molecule has 4 heteroatoms. The molecule has 0 bridgehead atoms. The van der Waals surface area contributed by atoms with Crippen molar-refractivity contribution in [3.8, 4) is 5.88 Å². The summed E-state index contributed by atoms with van der Waals surface area (Å²) in [5.74, 6) is 0.620. The zero-order valence-corrected chi connectivity index (χ0v) is 11.0. The van der Waals surface area contributed by atoms with Gasteiger partial charge in [0.05, 0.1) is 23.8 Å². The standard InChI is InChI=1S/C15H19N3O/c1-2-7-14-13(6-1)17-11-15(18-14)19-10-8-12-5-3-4-9-16-12/h1-2,6-7,11-12,16H,3-5,8-10H2. The van der Waals surface area contributed by atoms with Crippen LogP contribution in [-0.2, 0) is 0 Å². The van der Waals surface area contributed by atoms with Gasteiger partial charge < -0.3 is 10.1 Å². The van der Waals surface area contributed by atoms with Crippen molar-refractivity contribution >= 4 is 11.0 Å². The molecule has 19 heavy (non-hydrogen) atoms. The van der Waals surface area contributed by atoms with Crippen molar-refractivity contribution in [3.05, 3.63) is 30.5 Å². The van der Waals surface area contributed by atoms with Crippen molar-refractivity contribution in [1.82, 2.24) is 15.3 Å². The normalized spacial score (nSPS) is 19.5. The van der Waals surface area contributed by atoms with Crippen molar-refractivity contribution in [3.63, 3.8) is 0 Å². The lowest BCUT2D eigenvalue weighted by Gasteiger charge is -2.23. The monoisotopic (exact) mass is 257 g/mol. The topological polar surface area (TPSA) is 47.0 Å². The lowest BCUT2D eigenvalue weighted by molar-refractivity contribution is 0.260. The molecule has 100 valence electrons. The Bertz CT molecular complexity index is 538. The van der Waals surface area contributed by atoms with Gasteiger partial charge in [-0.25, -0.2) is 9.97 Å². The molecule has 1 atom stereocenters. The second-order valence-corrected chi connectivity index (χ2v) is 4.98. The number of hydrogen-bond acceptors (Lipinski definition) is 4. The molecular weight excluding hydrogens is 238 g/mol. The van der Waals surface area contributed by atoms with E-state index in [2.05, 4.69) is 15.3 Å². The predicted octanol–water partition coefficient (Wildman–Crippen LogP) is 2.54. The second-order valence-electron chi connectivity index (χ2n) is 4.98. The van der Waals surface area contributed by atoms with E-state index in [-0.39, 0.29) is 0 Å². The van der Waals surface area contributed by atoms with Gasteiger partial charge >= 0.3 is 0 Å². The maximum atomic E-state index is 5.70. The number of para-hydroxylation sites is 2. The maximum Gasteiger partial charge on any atom is 0.232 e. The van der Waals surface area contributed by atoms with Crippen LogP contribution < -0.4 is 10.1 Å². The van der Waals surface area contributed by atoms with E-state index < -0.39 is 0 Å². The number of ether oxygens (including phenoxy) is 1. The average molecular weight is 257 g/mol. The zero-order chi connectivity index (χ0) is 12.9. The van der Waals surface area contributed by atoms with E-state index in [0.29, 0.717) is 18.5 Å². The molecule has 0 spiro atoms. The summed E-state index contributed by atoms with van der Waals surface area (Å²) in [6, 6.07) is 8.44. The van der Waals surface area contributed by atoms with Gasteiger partial charge in [0.25, 0.3) is 0 Å². The molecule has 0 saturated carbocycles. The number of fused-ring (bicyclic) bond motifs is 1. The molecule has 1 fully saturated rings. The lowest BCUT2D eigenvalue weighted by Crippen LogP contribution is -2.35. The highest BCUT2D eigenvalue weighted by molar-refractivity contribution is 5.73. The van der Waals surface area contributed by atoms with Gasteiger partial charge in [-0.05, 0) is 37.9 Å². The van der Waals surface area contributed by atoms with E-state index in [4.69, 9.17) is 4.74 Å². The van der Waals surface area contributed by atoms with Gasteiger partial charge in [-0.2, -0.15) is 0 Å². The molecule has 1 N–H and O–H groups in total. The van der Waals surface area contributed by atoms with Crippen LogP contribution in [-0.4, -0.2) is 29.2 Å². The van der Waals surface area contributed by atoms with Crippen molar-refractivity contribution < 1.29 is 4.74 Å². The van der Waals surface area contributed by atoms with E-state index >= 15 is 0 Å². The summed E-state index contributed by atoms with van der Waals surface area (Å²) in [5.41, 5.74) is 1.79. The minimum atomic E-state index is 0.599. The van der Waals surface area contributed by atoms with Crippen LogP contribution >= 0.6 is 0 Å². The second kappa shape index (κ2) is 5.97. The summed E-state index contributed by atoms with van der Waals surface area (Å²) >= 11 is 0. The SMILES string of the molecule is c1ccc2nc(OCCC3CCCCN3)cnc2c1. The molecule has 0 radical (unpaired) electrons. The highest BCUT2D eigenvalue weighted by Crippen LogP contribution is 2.14. The van der Waals surface area contributed by atoms with E-state index in [1.807, 2.05) is 24.3 Å². The third-order valence-electron chi connectivity index (χ3n) is 3.56. The first-order valence-electron chi connectivity index (χ1n) is 7.00. The molecule has 2 heterocycles. The van der Waals surface area contributed by atoms with Crippen LogP contribution in [0, 0.1) is 0 Å². The molecular formula is C15H19N3O. The first-order chi connectivity index (χ1) is 9.42. The molecule has 4 nitrogen and oxygen atoms in total. The van der Waals surface area contributed by atoms with Crippen LogP contribution in [0.25, 0.3) is 11.0 Å². The summed E-state index contributed by atoms with van der Waals surface area (Å²) in [6.45, 7) is 1.84. The highest BCUT2D eigenvalue weighted by atomic mass is 16.5. The van der Waals surface area contributed by atoms with E-state index in [9.17, 15) is 0 Å². The maximum absolute atomic E-state index is 5.70. The predicted molar refractivity (Wildman–Crippen MR) is 75.3 cm³/mol. The van der Waals surface area contributed by atoms with Crippen LogP contribution in [0.4, 0.5) is 0 Å². The third-order valence-corrected chi connectivity index (χ3v) is 3.56. The van der Waals surface area contributed by atoms with E-state index in [0.717, 1.165) is 24.0 Å². The first kappa shape index (κ1) is 12.4. The van der Waals surface area contributed by atoms with Crippen molar-refractivity contribution in [2.75, 3.05) is 13.2 Å². The molecule has 0 aliphatic carbocycles. The summed E-state index contributed by atoms with van der Waals surface area (Å²) in [4.78, 5) is 8.80. The van der Waals surface area contributed by atoms with Crippen molar-refractivity contribution in [2.45, 2.75) is 31.7 Å². The van der Waals surface area contributed by atoms with Gasteiger partial charge in [0.1, 0.15) is 0 Å². The molecule has 1 aliphatic rings. The Morgan fingerprint density at radius 3 is 2.95 bits per heavy atom. The van der Waals surface area contributed by atoms with Crippen molar-refractivity contribution in [2.24, 2.45) is 0 Å². The number of aromatic nitrogens is 2. The van der Waals surface area contributed by atoms with Crippen LogP contribution in [0.1, 0.15) is 25.7 Å². The van der Waals surface area contributed by atoms with Crippen LogP contribution in [0.2, 0.25) is 0 Å². The van der Waals surface area contributed by atoms with Gasteiger partial charge in [-0.1, -0.05) is 18.6 Å². The minimum absolute atomic E-state index is 0.599. The van der Waals surface area contributed by atoms with Gasteiger partial charge in [-0.3, -0.25) is 0 Å². The van der Waals surface area contributed by atoms with Gasteiger partial charge in [-0.15, -0.1) is 0 Å². The quantitative estimate of drug-likeness (QED) is 0.914. The third kappa shape index (κ3) is 3.20. The Hall–Kier alpha value is -1.68. The summed E-state index contributed by atoms with van der Waals surface area (Å²) in [7, 11) is 0. The fourth-order valence-corrected chi connectivity index (χ4v) is 2.49. The van der Waals surface area contributed by atoms with Crippen LogP contribution in [0.3, 0.4) is 0 Å². The highest BCUT2D eigenvalue weighted by Gasteiger charge is 2.12. The summed E-state index contributed by atoms with van der Waals surface area (Å²) in [6.07, 6.45) is 6.62. The van der Waals surface area contributed by atoms with E-state index in [1.54, 1.807) is 6.20 Å².